The smallest absolute Gasteiger partial charge is 0.0979 e. The molecule has 0 amide bonds. The summed E-state index contributed by atoms with van der Waals surface area (Å²) in [6.45, 7) is 2.13. The minimum Gasteiger partial charge on any atom is -0.220 e. The number of hydrogen-bond donors (Lipinski definition) is 0. The zero-order valence-corrected chi connectivity index (χ0v) is 9.28. The van der Waals surface area contributed by atoms with Crippen LogP contribution < -0.4 is 0 Å². The molecule has 0 unspecified atom stereocenters. The fraction of sp³-hybridized carbons (Fsp3) is 0.273. The summed E-state index contributed by atoms with van der Waals surface area (Å²) in [5.41, 5.74) is 3.11. The summed E-state index contributed by atoms with van der Waals surface area (Å²) < 4.78 is 1.73. The number of benzene rings is 1. The Labute approximate surface area is 93.7 Å². The molecule has 0 radical (unpaired) electrons. The summed E-state index contributed by atoms with van der Waals surface area (Å²) in [6.07, 6.45) is 2.89. The molecule has 78 valence electrons. The minimum absolute atomic E-state index is 0.396. The Kier molecular flexibility index (Phi) is 3.02. The van der Waals surface area contributed by atoms with Crippen molar-refractivity contribution in [1.29, 1.82) is 0 Å². The van der Waals surface area contributed by atoms with Crippen LogP contribution in [0.5, 0.6) is 0 Å². The van der Waals surface area contributed by atoms with E-state index in [4.69, 9.17) is 11.6 Å². The van der Waals surface area contributed by atoms with E-state index >= 15 is 0 Å². The highest BCUT2D eigenvalue weighted by atomic mass is 35.5. The Morgan fingerprint density at radius 1 is 1.27 bits per heavy atom. The summed E-state index contributed by atoms with van der Waals surface area (Å²) in [6, 6.07) is 8.26. The molecule has 0 bridgehead atoms. The molecule has 0 fully saturated rings. The van der Waals surface area contributed by atoms with Crippen molar-refractivity contribution in [3.05, 3.63) is 41.7 Å². The lowest BCUT2D eigenvalue weighted by Gasteiger charge is -2.00. The number of alkyl halides is 1. The Hall–Kier alpha value is -1.35. The van der Waals surface area contributed by atoms with Crippen molar-refractivity contribution < 1.29 is 0 Å². The molecular weight excluding hydrogens is 210 g/mol. The lowest BCUT2D eigenvalue weighted by Crippen LogP contribution is -1.94. The van der Waals surface area contributed by atoms with Gasteiger partial charge in [0.25, 0.3) is 0 Å². The van der Waals surface area contributed by atoms with Crippen LogP contribution >= 0.6 is 11.6 Å². The van der Waals surface area contributed by atoms with Gasteiger partial charge in [-0.15, -0.1) is 16.7 Å². The quantitative estimate of drug-likeness (QED) is 0.746. The minimum atomic E-state index is 0.396. The fourth-order valence-corrected chi connectivity index (χ4v) is 1.49. The lowest BCUT2D eigenvalue weighted by molar-refractivity contribution is 0.799. The molecule has 0 saturated carbocycles. The first-order valence-corrected chi connectivity index (χ1v) is 5.43. The van der Waals surface area contributed by atoms with Crippen LogP contribution in [0.15, 0.2) is 30.5 Å². The summed E-state index contributed by atoms with van der Waals surface area (Å²) in [4.78, 5) is 0. The van der Waals surface area contributed by atoms with Crippen molar-refractivity contribution in [1.82, 2.24) is 15.0 Å². The van der Waals surface area contributed by atoms with Crippen LogP contribution in [0.25, 0.3) is 5.69 Å². The van der Waals surface area contributed by atoms with E-state index in [1.165, 1.54) is 5.56 Å². The van der Waals surface area contributed by atoms with Crippen molar-refractivity contribution in [2.24, 2.45) is 0 Å². The zero-order valence-electron chi connectivity index (χ0n) is 8.52. The van der Waals surface area contributed by atoms with Crippen LogP contribution in [-0.2, 0) is 12.3 Å². The van der Waals surface area contributed by atoms with Crippen LogP contribution in [0.3, 0.4) is 0 Å². The predicted molar refractivity (Wildman–Crippen MR) is 60.3 cm³/mol. The third kappa shape index (κ3) is 2.18. The molecule has 3 nitrogen and oxygen atoms in total. The van der Waals surface area contributed by atoms with E-state index in [1.54, 1.807) is 4.68 Å². The number of aromatic nitrogens is 3. The first kappa shape index (κ1) is 10.2. The summed E-state index contributed by atoms with van der Waals surface area (Å²) in [5.74, 6) is 0.396. The van der Waals surface area contributed by atoms with E-state index in [0.717, 1.165) is 17.8 Å². The Balaban J connectivity index is 2.28. The van der Waals surface area contributed by atoms with Crippen molar-refractivity contribution in [3.8, 4) is 5.69 Å². The monoisotopic (exact) mass is 221 g/mol. The summed E-state index contributed by atoms with van der Waals surface area (Å²) in [5, 5.41) is 7.93. The molecule has 0 aliphatic heterocycles. The van der Waals surface area contributed by atoms with E-state index < -0.39 is 0 Å². The second-order valence-corrected chi connectivity index (χ2v) is 3.58. The molecule has 1 aromatic carbocycles. The molecule has 15 heavy (non-hydrogen) atoms. The van der Waals surface area contributed by atoms with Crippen molar-refractivity contribution in [2.75, 3.05) is 0 Å². The second kappa shape index (κ2) is 4.45. The highest BCUT2D eigenvalue weighted by molar-refractivity contribution is 6.16. The molecule has 0 atom stereocenters. The van der Waals surface area contributed by atoms with Crippen molar-refractivity contribution >= 4 is 11.6 Å². The van der Waals surface area contributed by atoms with E-state index in [9.17, 15) is 0 Å². The van der Waals surface area contributed by atoms with Gasteiger partial charge in [-0.3, -0.25) is 0 Å². The standard InChI is InChI=1S/C11H12ClN3/c1-2-9-3-5-11(6-4-9)15-8-10(7-12)13-14-15/h3-6,8H,2,7H2,1H3. The topological polar surface area (TPSA) is 30.7 Å². The number of halogens is 1. The van der Waals surface area contributed by atoms with Crippen LogP contribution in [0.1, 0.15) is 18.2 Å². The van der Waals surface area contributed by atoms with Gasteiger partial charge in [-0.2, -0.15) is 0 Å². The number of rotatable bonds is 3. The fourth-order valence-electron chi connectivity index (χ4n) is 1.37. The van der Waals surface area contributed by atoms with Gasteiger partial charge in [0.05, 0.1) is 23.5 Å². The van der Waals surface area contributed by atoms with Crippen molar-refractivity contribution in [2.45, 2.75) is 19.2 Å². The third-order valence-corrected chi connectivity index (χ3v) is 2.56. The Morgan fingerprint density at radius 2 is 2.00 bits per heavy atom. The molecule has 2 aromatic rings. The van der Waals surface area contributed by atoms with Gasteiger partial charge >= 0.3 is 0 Å². The maximum absolute atomic E-state index is 5.66. The lowest BCUT2D eigenvalue weighted by atomic mass is 10.1. The van der Waals surface area contributed by atoms with E-state index in [2.05, 4.69) is 29.4 Å². The van der Waals surface area contributed by atoms with Crippen LogP contribution in [0.2, 0.25) is 0 Å². The van der Waals surface area contributed by atoms with Gasteiger partial charge in [-0.25, -0.2) is 4.68 Å². The van der Waals surface area contributed by atoms with Crippen molar-refractivity contribution in [3.63, 3.8) is 0 Å². The van der Waals surface area contributed by atoms with Crippen LogP contribution in [0, 0.1) is 0 Å². The predicted octanol–water partition coefficient (Wildman–Crippen LogP) is 2.57. The van der Waals surface area contributed by atoms with Gasteiger partial charge in [0.15, 0.2) is 0 Å². The molecular formula is C11H12ClN3. The summed E-state index contributed by atoms with van der Waals surface area (Å²) >= 11 is 5.66. The average molecular weight is 222 g/mol. The molecule has 1 heterocycles. The SMILES string of the molecule is CCc1ccc(-n2cc(CCl)nn2)cc1. The van der Waals surface area contributed by atoms with Gasteiger partial charge in [0.1, 0.15) is 0 Å². The molecule has 0 saturated heterocycles. The molecule has 1 aromatic heterocycles. The zero-order chi connectivity index (χ0) is 10.7. The van der Waals surface area contributed by atoms with Crippen LogP contribution in [0.4, 0.5) is 0 Å². The van der Waals surface area contributed by atoms with Gasteiger partial charge in [0, 0.05) is 0 Å². The molecule has 0 aliphatic carbocycles. The number of aryl methyl sites for hydroxylation is 1. The van der Waals surface area contributed by atoms with Gasteiger partial charge < -0.3 is 0 Å². The average Bonchev–Trinajstić information content (AvgIpc) is 2.78. The second-order valence-electron chi connectivity index (χ2n) is 3.31. The molecule has 0 spiro atoms. The maximum Gasteiger partial charge on any atom is 0.0979 e. The molecule has 0 N–H and O–H groups in total. The number of nitrogens with zero attached hydrogens (tertiary/aromatic N) is 3. The first-order valence-electron chi connectivity index (χ1n) is 4.90. The Bertz CT molecular complexity index is 433. The van der Waals surface area contributed by atoms with Crippen LogP contribution in [-0.4, -0.2) is 15.0 Å². The maximum atomic E-state index is 5.66. The highest BCUT2D eigenvalue weighted by Gasteiger charge is 2.01. The third-order valence-electron chi connectivity index (χ3n) is 2.29. The normalized spacial score (nSPS) is 10.5. The van der Waals surface area contributed by atoms with E-state index in [-0.39, 0.29) is 0 Å². The molecule has 0 aliphatic rings. The molecule has 2 rings (SSSR count). The van der Waals surface area contributed by atoms with Gasteiger partial charge in [-0.05, 0) is 24.1 Å². The largest absolute Gasteiger partial charge is 0.220 e. The number of hydrogen-bond acceptors (Lipinski definition) is 2. The van der Waals surface area contributed by atoms with E-state index in [0.29, 0.717) is 5.88 Å². The van der Waals surface area contributed by atoms with Gasteiger partial charge in [-0.1, -0.05) is 24.3 Å². The van der Waals surface area contributed by atoms with E-state index in [1.807, 2.05) is 18.3 Å². The Morgan fingerprint density at radius 3 is 2.53 bits per heavy atom. The van der Waals surface area contributed by atoms with Gasteiger partial charge in [0.2, 0.25) is 0 Å². The highest BCUT2D eigenvalue weighted by Crippen LogP contribution is 2.10. The first-order chi connectivity index (χ1) is 7.33. The molecule has 4 heteroatoms. The summed E-state index contributed by atoms with van der Waals surface area (Å²) in [7, 11) is 0.